The summed E-state index contributed by atoms with van der Waals surface area (Å²) in [6, 6.07) is 6.51. The van der Waals surface area contributed by atoms with Gasteiger partial charge in [-0.05, 0) is 24.0 Å². The normalized spacial score (nSPS) is 19.4. The van der Waals surface area contributed by atoms with Crippen molar-refractivity contribution in [2.75, 3.05) is 26.2 Å². The average molecular weight is 281 g/mol. The molecule has 0 N–H and O–H groups in total. The van der Waals surface area contributed by atoms with Gasteiger partial charge in [0.1, 0.15) is 7.41 Å². The smallest absolute Gasteiger partial charge is 0.269 e. The van der Waals surface area contributed by atoms with Crippen LogP contribution in [0.4, 0.5) is 5.69 Å². The molecule has 6 nitrogen and oxygen atoms in total. The van der Waals surface area contributed by atoms with Gasteiger partial charge in [-0.15, -0.1) is 0 Å². The number of rotatable bonds is 6. The molecule has 0 atom stereocenters. The number of nitro groups is 1. The highest BCUT2D eigenvalue weighted by molar-refractivity contribution is 7.65. The number of nitrogens with zero attached hydrogens (tertiary/aromatic N) is 3. The summed E-state index contributed by atoms with van der Waals surface area (Å²) in [5.41, 5.74) is 1.05. The molecule has 1 aromatic rings. The van der Waals surface area contributed by atoms with Crippen LogP contribution in [0.3, 0.4) is 0 Å². The first-order valence-corrected chi connectivity index (χ1v) is 8.01. The zero-order valence-electron chi connectivity index (χ0n) is 10.6. The van der Waals surface area contributed by atoms with Gasteiger partial charge in [-0.3, -0.25) is 10.1 Å². The molecule has 0 radical (unpaired) electrons. The van der Waals surface area contributed by atoms with E-state index in [9.17, 15) is 10.1 Å². The van der Waals surface area contributed by atoms with Gasteiger partial charge in [0.25, 0.3) is 5.69 Å². The lowest BCUT2D eigenvalue weighted by Gasteiger charge is -2.26. The van der Waals surface area contributed by atoms with Gasteiger partial charge in [-0.2, -0.15) is 0 Å². The molecule has 0 amide bonds. The van der Waals surface area contributed by atoms with Gasteiger partial charge in [0.2, 0.25) is 0 Å². The fourth-order valence-corrected chi connectivity index (χ4v) is 4.42. The van der Waals surface area contributed by atoms with E-state index in [1.54, 1.807) is 12.1 Å². The Morgan fingerprint density at radius 1 is 1.21 bits per heavy atom. The van der Waals surface area contributed by atoms with E-state index in [2.05, 4.69) is 15.6 Å². The van der Waals surface area contributed by atoms with E-state index in [0.717, 1.165) is 31.7 Å². The average Bonchev–Trinajstić information content (AvgIpc) is 3.29. The Morgan fingerprint density at radius 3 is 2.16 bits per heavy atom. The molecule has 2 saturated heterocycles. The fraction of sp³-hybridized carbons (Fsp3) is 0.417. The SMILES string of the molecule is C=P(OCc1ccc([N+](=O)[O-])cc1)(N1CC1)N1CC1. The molecular weight excluding hydrogens is 265 g/mol. The van der Waals surface area contributed by atoms with Gasteiger partial charge in [-0.25, -0.2) is 9.34 Å². The topological polar surface area (TPSA) is 58.4 Å². The van der Waals surface area contributed by atoms with E-state index in [0.29, 0.717) is 6.61 Å². The quantitative estimate of drug-likeness (QED) is 0.345. The van der Waals surface area contributed by atoms with Crippen molar-refractivity contribution in [2.24, 2.45) is 0 Å². The van der Waals surface area contributed by atoms with Gasteiger partial charge < -0.3 is 4.52 Å². The minimum Gasteiger partial charge on any atom is -0.330 e. The third-order valence-corrected chi connectivity index (χ3v) is 6.43. The van der Waals surface area contributed by atoms with E-state index < -0.39 is 12.3 Å². The summed E-state index contributed by atoms with van der Waals surface area (Å²) in [6.07, 6.45) is 4.29. The fourth-order valence-electron chi connectivity index (χ4n) is 1.95. The number of non-ortho nitro benzene ring substituents is 1. The molecule has 0 unspecified atom stereocenters. The van der Waals surface area contributed by atoms with Crippen LogP contribution in [0.2, 0.25) is 0 Å². The van der Waals surface area contributed by atoms with Gasteiger partial charge in [-0.1, -0.05) is 0 Å². The number of benzene rings is 1. The van der Waals surface area contributed by atoms with E-state index in [1.807, 2.05) is 0 Å². The Labute approximate surface area is 111 Å². The molecule has 0 aromatic heterocycles. The van der Waals surface area contributed by atoms with Crippen LogP contribution in [0.15, 0.2) is 24.3 Å². The molecule has 2 aliphatic rings. The molecule has 2 heterocycles. The van der Waals surface area contributed by atoms with Crippen molar-refractivity contribution < 1.29 is 9.45 Å². The first-order valence-electron chi connectivity index (χ1n) is 6.22. The van der Waals surface area contributed by atoms with Crippen molar-refractivity contribution in [3.63, 3.8) is 0 Å². The highest BCUT2D eigenvalue weighted by Gasteiger charge is 2.42. The second-order valence-electron chi connectivity index (χ2n) is 4.77. The third-order valence-electron chi connectivity index (χ3n) is 3.32. The molecule has 0 saturated carbocycles. The second-order valence-corrected chi connectivity index (χ2v) is 7.49. The lowest BCUT2D eigenvalue weighted by molar-refractivity contribution is -0.384. The summed E-state index contributed by atoms with van der Waals surface area (Å²) in [7, 11) is -1.80. The maximum Gasteiger partial charge on any atom is 0.269 e. The van der Waals surface area contributed by atoms with E-state index in [4.69, 9.17) is 4.52 Å². The van der Waals surface area contributed by atoms with Crippen LogP contribution < -0.4 is 0 Å². The molecule has 7 heteroatoms. The minimum atomic E-state index is -1.80. The van der Waals surface area contributed by atoms with Crippen LogP contribution in [-0.4, -0.2) is 46.7 Å². The predicted molar refractivity (Wildman–Crippen MR) is 75.1 cm³/mol. The molecule has 3 rings (SSSR count). The summed E-state index contributed by atoms with van der Waals surface area (Å²) >= 11 is 0. The molecule has 19 heavy (non-hydrogen) atoms. The Hall–Kier alpha value is -1.20. The molecule has 2 fully saturated rings. The van der Waals surface area contributed by atoms with Crippen molar-refractivity contribution in [3.8, 4) is 0 Å². The lowest BCUT2D eigenvalue weighted by Crippen LogP contribution is -2.08. The zero-order valence-corrected chi connectivity index (χ0v) is 11.5. The third kappa shape index (κ3) is 2.72. The molecule has 0 aliphatic carbocycles. The van der Waals surface area contributed by atoms with E-state index in [1.165, 1.54) is 12.1 Å². The maximum absolute atomic E-state index is 10.6. The lowest BCUT2D eigenvalue weighted by atomic mass is 10.2. The molecule has 1 aromatic carbocycles. The van der Waals surface area contributed by atoms with Crippen LogP contribution in [-0.2, 0) is 11.1 Å². The van der Waals surface area contributed by atoms with E-state index >= 15 is 0 Å². The molecule has 0 spiro atoms. The van der Waals surface area contributed by atoms with Crippen molar-refractivity contribution >= 4 is 19.4 Å². The standard InChI is InChI=1S/C12H16N3O3P/c1-19(13-6-7-13,14-8-9-14)18-10-11-2-4-12(5-3-11)15(16)17/h2-5H,1,6-10H2. The Balaban J connectivity index is 1.65. The largest absolute Gasteiger partial charge is 0.330 e. The summed E-state index contributed by atoms with van der Waals surface area (Å²) in [5, 5.41) is 10.6. The number of nitro benzene ring substituents is 1. The van der Waals surface area contributed by atoms with Crippen molar-refractivity contribution in [1.29, 1.82) is 0 Å². The van der Waals surface area contributed by atoms with E-state index in [-0.39, 0.29) is 5.69 Å². The monoisotopic (exact) mass is 281 g/mol. The maximum atomic E-state index is 10.6. The Morgan fingerprint density at radius 2 is 1.74 bits per heavy atom. The van der Waals surface area contributed by atoms with Crippen molar-refractivity contribution in [3.05, 3.63) is 39.9 Å². The van der Waals surface area contributed by atoms with Crippen LogP contribution >= 0.6 is 7.41 Å². The molecule has 0 bridgehead atoms. The molecule has 2 aliphatic heterocycles. The minimum absolute atomic E-state index is 0.108. The van der Waals surface area contributed by atoms with Gasteiger partial charge >= 0.3 is 0 Å². The first-order chi connectivity index (χ1) is 9.09. The number of hydrogen-bond donors (Lipinski definition) is 0. The van der Waals surface area contributed by atoms with Crippen molar-refractivity contribution in [1.82, 2.24) is 9.34 Å². The molecular formula is C12H16N3O3P. The highest BCUT2D eigenvalue weighted by Crippen LogP contribution is 2.60. The highest BCUT2D eigenvalue weighted by atomic mass is 31.2. The first kappa shape index (κ1) is 12.8. The van der Waals surface area contributed by atoms with Crippen molar-refractivity contribution in [2.45, 2.75) is 6.61 Å². The summed E-state index contributed by atoms with van der Waals surface area (Å²) in [5.74, 6) is 0. The number of hydrogen-bond acceptors (Lipinski definition) is 5. The molecule has 102 valence electrons. The predicted octanol–water partition coefficient (Wildman–Crippen LogP) is 1.94. The van der Waals surface area contributed by atoms with Gasteiger partial charge in [0, 0.05) is 38.3 Å². The van der Waals surface area contributed by atoms with Crippen LogP contribution in [0.5, 0.6) is 0 Å². The van der Waals surface area contributed by atoms with Crippen LogP contribution in [0, 0.1) is 10.1 Å². The summed E-state index contributed by atoms with van der Waals surface area (Å²) < 4.78 is 10.6. The van der Waals surface area contributed by atoms with Gasteiger partial charge in [0.05, 0.1) is 11.5 Å². The summed E-state index contributed by atoms with van der Waals surface area (Å²) in [4.78, 5) is 10.2. The summed E-state index contributed by atoms with van der Waals surface area (Å²) in [6.45, 7) is 4.71. The Kier molecular flexibility index (Phi) is 3.19. The zero-order chi connectivity index (χ0) is 13.5. The van der Waals surface area contributed by atoms with Gasteiger partial charge in [0.15, 0.2) is 0 Å². The van der Waals surface area contributed by atoms with Crippen LogP contribution in [0.25, 0.3) is 0 Å². The second kappa shape index (κ2) is 4.72. The Bertz CT molecular complexity index is 522. The van der Waals surface area contributed by atoms with Crippen LogP contribution in [0.1, 0.15) is 5.56 Å².